The van der Waals surface area contributed by atoms with Gasteiger partial charge in [-0.2, -0.15) is 13.2 Å². The number of nitrogens with one attached hydrogen (secondary N) is 1. The molecule has 1 unspecified atom stereocenters. The van der Waals surface area contributed by atoms with Crippen molar-refractivity contribution in [3.05, 3.63) is 70.5 Å². The van der Waals surface area contributed by atoms with Crippen molar-refractivity contribution in [1.82, 2.24) is 5.32 Å². The van der Waals surface area contributed by atoms with Crippen molar-refractivity contribution in [2.75, 3.05) is 13.1 Å². The van der Waals surface area contributed by atoms with Crippen LogP contribution in [0.2, 0.25) is 0 Å². The third-order valence-electron chi connectivity index (χ3n) is 4.51. The van der Waals surface area contributed by atoms with Gasteiger partial charge in [0, 0.05) is 5.92 Å². The standard InChI is InChI=1S/C19H19F4N/c20-15-7-8-17-14(11-15)6-5-13-3-1-2-4-16(13)18(17)9-10-24-12-19(21,22)23/h1-4,7-8,11,18,24H,5-6,9-10,12H2. The SMILES string of the molecule is Fc1ccc2c(c1)CCc1ccccc1C2CCNCC(F)(F)F. The first-order valence-electron chi connectivity index (χ1n) is 8.07. The van der Waals surface area contributed by atoms with Crippen molar-refractivity contribution >= 4 is 0 Å². The monoisotopic (exact) mass is 337 g/mol. The lowest BCUT2D eigenvalue weighted by Gasteiger charge is -2.21. The fraction of sp³-hybridized carbons (Fsp3) is 0.368. The number of fused-ring (bicyclic) bond motifs is 2. The summed E-state index contributed by atoms with van der Waals surface area (Å²) in [5.74, 6) is -0.284. The summed E-state index contributed by atoms with van der Waals surface area (Å²) in [5, 5.41) is 2.47. The van der Waals surface area contributed by atoms with E-state index in [9.17, 15) is 17.6 Å². The highest BCUT2D eigenvalue weighted by Crippen LogP contribution is 2.36. The van der Waals surface area contributed by atoms with Gasteiger partial charge in [-0.3, -0.25) is 0 Å². The molecule has 0 amide bonds. The lowest BCUT2D eigenvalue weighted by molar-refractivity contribution is -0.124. The molecule has 3 rings (SSSR count). The van der Waals surface area contributed by atoms with Crippen LogP contribution in [-0.4, -0.2) is 19.3 Å². The summed E-state index contributed by atoms with van der Waals surface area (Å²) >= 11 is 0. The molecule has 24 heavy (non-hydrogen) atoms. The normalized spacial score (nSPS) is 17.1. The summed E-state index contributed by atoms with van der Waals surface area (Å²) in [5.41, 5.74) is 4.30. The number of alkyl halides is 3. The van der Waals surface area contributed by atoms with Crippen LogP contribution < -0.4 is 5.32 Å². The van der Waals surface area contributed by atoms with Gasteiger partial charge in [-0.25, -0.2) is 4.39 Å². The van der Waals surface area contributed by atoms with E-state index in [4.69, 9.17) is 0 Å². The van der Waals surface area contributed by atoms with E-state index in [0.717, 1.165) is 29.5 Å². The van der Waals surface area contributed by atoms with Crippen LogP contribution in [0.1, 0.15) is 34.6 Å². The van der Waals surface area contributed by atoms with Gasteiger partial charge >= 0.3 is 6.18 Å². The number of aryl methyl sites for hydroxylation is 2. The Labute approximate surface area is 138 Å². The van der Waals surface area contributed by atoms with Crippen LogP contribution in [0, 0.1) is 5.82 Å². The van der Waals surface area contributed by atoms with Gasteiger partial charge in [-0.15, -0.1) is 0 Å². The Hall–Kier alpha value is -1.88. The number of hydrogen-bond donors (Lipinski definition) is 1. The topological polar surface area (TPSA) is 12.0 Å². The Bertz CT molecular complexity index is 709. The first kappa shape index (κ1) is 17.0. The Morgan fingerprint density at radius 3 is 2.46 bits per heavy atom. The molecule has 0 radical (unpaired) electrons. The zero-order valence-corrected chi connectivity index (χ0v) is 13.2. The number of hydrogen-bond acceptors (Lipinski definition) is 1. The molecule has 0 aromatic heterocycles. The molecule has 0 heterocycles. The van der Waals surface area contributed by atoms with Gasteiger partial charge in [-0.05, 0) is 60.2 Å². The molecule has 0 saturated heterocycles. The van der Waals surface area contributed by atoms with Crippen LogP contribution in [0.4, 0.5) is 17.6 Å². The smallest absolute Gasteiger partial charge is 0.309 e. The largest absolute Gasteiger partial charge is 0.401 e. The maximum Gasteiger partial charge on any atom is 0.401 e. The number of halogens is 4. The van der Waals surface area contributed by atoms with Gasteiger partial charge in [0.15, 0.2) is 0 Å². The van der Waals surface area contributed by atoms with Crippen LogP contribution in [0.5, 0.6) is 0 Å². The van der Waals surface area contributed by atoms with Crippen molar-refractivity contribution in [1.29, 1.82) is 0 Å². The Morgan fingerprint density at radius 1 is 0.958 bits per heavy atom. The molecule has 1 N–H and O–H groups in total. The molecular weight excluding hydrogens is 318 g/mol. The lowest BCUT2D eigenvalue weighted by atomic mass is 9.85. The molecule has 0 fully saturated rings. The molecule has 1 aliphatic rings. The van der Waals surface area contributed by atoms with Gasteiger partial charge in [0.25, 0.3) is 0 Å². The fourth-order valence-electron chi connectivity index (χ4n) is 3.46. The Balaban J connectivity index is 1.85. The summed E-state index contributed by atoms with van der Waals surface area (Å²) in [4.78, 5) is 0. The van der Waals surface area contributed by atoms with E-state index >= 15 is 0 Å². The average molecular weight is 337 g/mol. The van der Waals surface area contributed by atoms with Crippen molar-refractivity contribution in [2.24, 2.45) is 0 Å². The second-order valence-corrected chi connectivity index (χ2v) is 6.18. The second kappa shape index (κ2) is 6.93. The molecule has 1 nitrogen and oxygen atoms in total. The van der Waals surface area contributed by atoms with Gasteiger partial charge < -0.3 is 5.32 Å². The minimum absolute atomic E-state index is 0.0139. The molecule has 5 heteroatoms. The highest BCUT2D eigenvalue weighted by atomic mass is 19.4. The molecular formula is C19H19F4N. The van der Waals surface area contributed by atoms with E-state index < -0.39 is 12.7 Å². The minimum Gasteiger partial charge on any atom is -0.309 e. The quantitative estimate of drug-likeness (QED) is 0.635. The Morgan fingerprint density at radius 2 is 1.67 bits per heavy atom. The molecule has 2 aromatic carbocycles. The first-order valence-corrected chi connectivity index (χ1v) is 8.07. The molecule has 128 valence electrons. The van der Waals surface area contributed by atoms with E-state index in [1.807, 2.05) is 24.3 Å². The molecule has 2 aromatic rings. The zero-order valence-electron chi connectivity index (χ0n) is 13.2. The molecule has 0 spiro atoms. The van der Waals surface area contributed by atoms with E-state index in [-0.39, 0.29) is 18.3 Å². The molecule has 1 atom stereocenters. The van der Waals surface area contributed by atoms with Crippen LogP contribution in [0.3, 0.4) is 0 Å². The first-order chi connectivity index (χ1) is 11.4. The Kier molecular flexibility index (Phi) is 4.90. The van der Waals surface area contributed by atoms with Gasteiger partial charge in [0.05, 0.1) is 6.54 Å². The molecule has 0 saturated carbocycles. The van der Waals surface area contributed by atoms with E-state index in [0.29, 0.717) is 6.42 Å². The second-order valence-electron chi connectivity index (χ2n) is 6.18. The van der Waals surface area contributed by atoms with Gasteiger partial charge in [0.2, 0.25) is 0 Å². The fourth-order valence-corrected chi connectivity index (χ4v) is 3.46. The van der Waals surface area contributed by atoms with Crippen molar-refractivity contribution in [3.8, 4) is 0 Å². The zero-order chi connectivity index (χ0) is 17.2. The van der Waals surface area contributed by atoms with E-state index in [2.05, 4.69) is 5.32 Å². The van der Waals surface area contributed by atoms with E-state index in [1.54, 1.807) is 12.1 Å². The summed E-state index contributed by atoms with van der Waals surface area (Å²) < 4.78 is 50.5. The summed E-state index contributed by atoms with van der Waals surface area (Å²) in [6.07, 6.45) is -2.09. The maximum atomic E-state index is 13.6. The van der Waals surface area contributed by atoms with Crippen molar-refractivity contribution < 1.29 is 17.6 Å². The molecule has 1 aliphatic carbocycles. The van der Waals surface area contributed by atoms with Crippen LogP contribution >= 0.6 is 0 Å². The number of rotatable bonds is 4. The summed E-state index contributed by atoms with van der Waals surface area (Å²) in [6, 6.07) is 12.8. The highest BCUT2D eigenvalue weighted by molar-refractivity contribution is 5.45. The highest BCUT2D eigenvalue weighted by Gasteiger charge is 2.27. The predicted molar refractivity (Wildman–Crippen MR) is 85.6 cm³/mol. The lowest BCUT2D eigenvalue weighted by Crippen LogP contribution is -2.30. The van der Waals surface area contributed by atoms with Crippen LogP contribution in [0.25, 0.3) is 0 Å². The van der Waals surface area contributed by atoms with Gasteiger partial charge in [0.1, 0.15) is 5.82 Å². The number of benzene rings is 2. The van der Waals surface area contributed by atoms with Crippen molar-refractivity contribution in [3.63, 3.8) is 0 Å². The third-order valence-corrected chi connectivity index (χ3v) is 4.51. The summed E-state index contributed by atoms with van der Waals surface area (Å²) in [6.45, 7) is -0.729. The van der Waals surface area contributed by atoms with Crippen LogP contribution in [0.15, 0.2) is 42.5 Å². The third kappa shape index (κ3) is 3.96. The average Bonchev–Trinajstić information content (AvgIpc) is 2.68. The van der Waals surface area contributed by atoms with E-state index in [1.165, 1.54) is 11.6 Å². The minimum atomic E-state index is -4.21. The maximum absolute atomic E-state index is 13.6. The van der Waals surface area contributed by atoms with Gasteiger partial charge in [-0.1, -0.05) is 30.3 Å². The van der Waals surface area contributed by atoms with Crippen LogP contribution in [-0.2, 0) is 12.8 Å². The predicted octanol–water partition coefficient (Wildman–Crippen LogP) is 4.60. The summed E-state index contributed by atoms with van der Waals surface area (Å²) in [7, 11) is 0. The van der Waals surface area contributed by atoms with Crippen molar-refractivity contribution in [2.45, 2.75) is 31.4 Å². The molecule has 0 aliphatic heterocycles. The molecule has 0 bridgehead atoms.